The zero-order valence-electron chi connectivity index (χ0n) is 11.5. The number of rotatable bonds is 5. The predicted molar refractivity (Wildman–Crippen MR) is 81.3 cm³/mol. The molecule has 0 atom stereocenters. The lowest BCUT2D eigenvalue weighted by atomic mass is 10.1. The highest BCUT2D eigenvalue weighted by Crippen LogP contribution is 2.24. The third-order valence-electron chi connectivity index (χ3n) is 2.72. The van der Waals surface area contributed by atoms with Crippen LogP contribution in [-0.2, 0) is 0 Å². The summed E-state index contributed by atoms with van der Waals surface area (Å²) in [6, 6.07) is 6.00. The van der Waals surface area contributed by atoms with Crippen molar-refractivity contribution in [1.82, 2.24) is 0 Å². The van der Waals surface area contributed by atoms with Gasteiger partial charge in [-0.2, -0.15) is 0 Å². The fourth-order valence-electron chi connectivity index (χ4n) is 1.95. The molecule has 0 aromatic heterocycles. The van der Waals surface area contributed by atoms with E-state index in [0.29, 0.717) is 11.5 Å². The summed E-state index contributed by atoms with van der Waals surface area (Å²) in [6.07, 6.45) is 0. The smallest absolute Gasteiger partial charge is 0.106 e. The molecule has 0 aliphatic rings. The number of nitrogens with zero attached hydrogens (tertiary/aromatic N) is 1. The molecule has 0 aliphatic heterocycles. The molecule has 1 aromatic carbocycles. The van der Waals surface area contributed by atoms with E-state index in [1.165, 1.54) is 0 Å². The third kappa shape index (κ3) is 3.96. The molecule has 0 aliphatic carbocycles. The highest BCUT2D eigenvalue weighted by molar-refractivity contribution is 7.80. The maximum atomic E-state index is 9.97. The first-order valence-electron chi connectivity index (χ1n) is 6.12. The zero-order valence-corrected chi connectivity index (χ0v) is 12.3. The molecule has 0 saturated carbocycles. The maximum absolute atomic E-state index is 9.97. The Morgan fingerprint density at radius 1 is 1.44 bits per heavy atom. The van der Waals surface area contributed by atoms with Crippen LogP contribution < -0.4 is 10.6 Å². The summed E-state index contributed by atoms with van der Waals surface area (Å²) in [6.45, 7) is 9.02. The van der Waals surface area contributed by atoms with Gasteiger partial charge in [-0.3, -0.25) is 0 Å². The third-order valence-corrected chi connectivity index (χ3v) is 2.94. The van der Waals surface area contributed by atoms with Gasteiger partial charge >= 0.3 is 0 Å². The van der Waals surface area contributed by atoms with Crippen LogP contribution in [0.3, 0.4) is 0 Å². The molecule has 0 saturated heterocycles. The second-order valence-electron chi connectivity index (χ2n) is 5.21. The van der Waals surface area contributed by atoms with E-state index in [9.17, 15) is 5.11 Å². The van der Waals surface area contributed by atoms with Gasteiger partial charge in [-0.05, 0) is 45.4 Å². The molecule has 0 radical (unpaired) electrons. The average molecular weight is 266 g/mol. The Morgan fingerprint density at radius 3 is 2.50 bits per heavy atom. The Morgan fingerprint density at radius 2 is 2.06 bits per heavy atom. The average Bonchev–Trinajstić information content (AvgIpc) is 2.24. The minimum absolute atomic E-state index is 0.388. The lowest BCUT2D eigenvalue weighted by Crippen LogP contribution is -2.39. The Balaban J connectivity index is 3.19. The zero-order chi connectivity index (χ0) is 13.9. The molecular weight excluding hydrogens is 244 g/mol. The number of hydrogen-bond acceptors (Lipinski definition) is 3. The molecule has 0 spiro atoms. The fourth-order valence-corrected chi connectivity index (χ4v) is 2.12. The molecule has 3 nitrogen and oxygen atoms in total. The van der Waals surface area contributed by atoms with E-state index in [1.807, 2.05) is 19.1 Å². The highest BCUT2D eigenvalue weighted by Gasteiger charge is 2.20. The first-order chi connectivity index (χ1) is 8.24. The SMILES string of the molecule is CCN(CC(C)(C)O)c1cc(C)ccc1C(N)=S. The van der Waals surface area contributed by atoms with Gasteiger partial charge in [0.25, 0.3) is 0 Å². The number of benzene rings is 1. The van der Waals surface area contributed by atoms with Gasteiger partial charge < -0.3 is 15.7 Å². The molecule has 4 heteroatoms. The van der Waals surface area contributed by atoms with Gasteiger partial charge in [-0.1, -0.05) is 18.3 Å². The van der Waals surface area contributed by atoms with E-state index in [0.717, 1.165) is 23.4 Å². The number of hydrogen-bond donors (Lipinski definition) is 2. The summed E-state index contributed by atoms with van der Waals surface area (Å²) in [5.41, 5.74) is 8.01. The summed E-state index contributed by atoms with van der Waals surface area (Å²) >= 11 is 5.09. The van der Waals surface area contributed by atoms with Gasteiger partial charge in [-0.15, -0.1) is 0 Å². The largest absolute Gasteiger partial charge is 0.389 e. The van der Waals surface area contributed by atoms with E-state index in [-0.39, 0.29) is 0 Å². The second kappa shape index (κ2) is 5.67. The molecule has 100 valence electrons. The van der Waals surface area contributed by atoms with Crippen LogP contribution in [0.2, 0.25) is 0 Å². The number of aryl methyl sites for hydroxylation is 1. The van der Waals surface area contributed by atoms with Crippen molar-refractivity contribution in [3.05, 3.63) is 29.3 Å². The van der Waals surface area contributed by atoms with Crippen LogP contribution in [0, 0.1) is 6.92 Å². The molecule has 3 N–H and O–H groups in total. The summed E-state index contributed by atoms with van der Waals surface area (Å²) in [5, 5.41) is 9.97. The second-order valence-corrected chi connectivity index (χ2v) is 5.65. The topological polar surface area (TPSA) is 49.5 Å². The van der Waals surface area contributed by atoms with Gasteiger partial charge in [0, 0.05) is 24.3 Å². The van der Waals surface area contributed by atoms with E-state index in [2.05, 4.69) is 17.9 Å². The number of nitrogens with two attached hydrogens (primary N) is 1. The van der Waals surface area contributed by atoms with Crippen molar-refractivity contribution in [2.45, 2.75) is 33.3 Å². The quantitative estimate of drug-likeness (QED) is 0.802. The van der Waals surface area contributed by atoms with Crippen molar-refractivity contribution < 1.29 is 5.11 Å². The molecule has 0 fully saturated rings. The summed E-state index contributed by atoms with van der Waals surface area (Å²) in [7, 11) is 0. The van der Waals surface area contributed by atoms with E-state index >= 15 is 0 Å². The van der Waals surface area contributed by atoms with Crippen LogP contribution in [0.4, 0.5) is 5.69 Å². The first-order valence-corrected chi connectivity index (χ1v) is 6.53. The van der Waals surface area contributed by atoms with E-state index < -0.39 is 5.60 Å². The Bertz CT molecular complexity index is 438. The molecule has 1 aromatic rings. The van der Waals surface area contributed by atoms with Crippen LogP contribution in [0.15, 0.2) is 18.2 Å². The Kier molecular flexibility index (Phi) is 4.71. The van der Waals surface area contributed by atoms with E-state index in [1.54, 1.807) is 13.8 Å². The number of anilines is 1. The van der Waals surface area contributed by atoms with Crippen molar-refractivity contribution in [2.24, 2.45) is 5.73 Å². The normalized spacial score (nSPS) is 11.4. The molecule has 1 rings (SSSR count). The lowest BCUT2D eigenvalue weighted by molar-refractivity contribution is 0.0876. The summed E-state index contributed by atoms with van der Waals surface area (Å²) in [5.74, 6) is 0. The lowest BCUT2D eigenvalue weighted by Gasteiger charge is -2.31. The molecule has 0 bridgehead atoms. The minimum atomic E-state index is -0.757. The molecule has 18 heavy (non-hydrogen) atoms. The van der Waals surface area contributed by atoms with Crippen LogP contribution in [-0.4, -0.2) is 28.8 Å². The molecular formula is C14H22N2OS. The maximum Gasteiger partial charge on any atom is 0.106 e. The Hall–Kier alpha value is -1.13. The minimum Gasteiger partial charge on any atom is -0.389 e. The monoisotopic (exact) mass is 266 g/mol. The van der Waals surface area contributed by atoms with Crippen molar-refractivity contribution >= 4 is 22.9 Å². The van der Waals surface area contributed by atoms with Gasteiger partial charge in [0.15, 0.2) is 0 Å². The van der Waals surface area contributed by atoms with Crippen molar-refractivity contribution in [1.29, 1.82) is 0 Å². The molecule has 0 unspecified atom stereocenters. The van der Waals surface area contributed by atoms with E-state index in [4.69, 9.17) is 18.0 Å². The van der Waals surface area contributed by atoms with Crippen LogP contribution in [0.1, 0.15) is 31.9 Å². The summed E-state index contributed by atoms with van der Waals surface area (Å²) in [4.78, 5) is 2.49. The van der Waals surface area contributed by atoms with Crippen LogP contribution >= 0.6 is 12.2 Å². The van der Waals surface area contributed by atoms with Gasteiger partial charge in [-0.25, -0.2) is 0 Å². The van der Waals surface area contributed by atoms with Gasteiger partial charge in [0.1, 0.15) is 4.99 Å². The van der Waals surface area contributed by atoms with Crippen LogP contribution in [0.25, 0.3) is 0 Å². The fraction of sp³-hybridized carbons (Fsp3) is 0.500. The first kappa shape index (κ1) is 14.9. The van der Waals surface area contributed by atoms with Crippen LogP contribution in [0.5, 0.6) is 0 Å². The highest BCUT2D eigenvalue weighted by atomic mass is 32.1. The summed E-state index contributed by atoms with van der Waals surface area (Å²) < 4.78 is 0. The standard InChI is InChI=1S/C14H22N2OS/c1-5-16(9-14(3,4)17)12-8-10(2)6-7-11(12)13(15)18/h6-8,17H,5,9H2,1-4H3,(H2,15,18). The number of likely N-dealkylation sites (N-methyl/N-ethyl adjacent to an activating group) is 1. The molecule has 0 heterocycles. The van der Waals surface area contributed by atoms with Crippen molar-refractivity contribution in [2.75, 3.05) is 18.0 Å². The Labute approximate surface area is 115 Å². The van der Waals surface area contributed by atoms with Gasteiger partial charge in [0.05, 0.1) is 5.60 Å². The number of thiocarbonyl (C=S) groups is 1. The van der Waals surface area contributed by atoms with Gasteiger partial charge in [0.2, 0.25) is 0 Å². The van der Waals surface area contributed by atoms with Crippen molar-refractivity contribution in [3.63, 3.8) is 0 Å². The van der Waals surface area contributed by atoms with Crippen molar-refractivity contribution in [3.8, 4) is 0 Å². The predicted octanol–water partition coefficient (Wildman–Crippen LogP) is 2.23. The number of aliphatic hydroxyl groups is 1. The molecule has 0 amide bonds.